The van der Waals surface area contributed by atoms with Crippen molar-refractivity contribution in [3.8, 4) is 0 Å². The molecule has 1 heterocycles. The lowest BCUT2D eigenvalue weighted by Crippen LogP contribution is -2.35. The first-order valence-electron chi connectivity index (χ1n) is 7.37. The maximum absolute atomic E-state index is 12.2. The van der Waals surface area contributed by atoms with Crippen LogP contribution in [0.15, 0.2) is 52.3 Å². The maximum Gasteiger partial charge on any atom is 0.285 e. The van der Waals surface area contributed by atoms with Crippen LogP contribution in [0, 0.1) is 10.1 Å². The molecule has 25 heavy (non-hydrogen) atoms. The molecule has 1 aromatic carbocycles. The Hall–Kier alpha value is -2.65. The third-order valence-electron chi connectivity index (χ3n) is 3.37. The van der Waals surface area contributed by atoms with Gasteiger partial charge >= 0.3 is 0 Å². The molecule has 2 rings (SSSR count). The minimum absolute atomic E-state index is 0.0395. The van der Waals surface area contributed by atoms with Crippen molar-refractivity contribution in [2.45, 2.75) is 11.6 Å². The van der Waals surface area contributed by atoms with E-state index >= 15 is 0 Å². The standard InChI is InChI=1S/C16H18N4O4S/c1-18(11-19-9-12(20(23)24)7-8-16(19)22)10-15(21)17-13-5-3-4-6-14(13)25-2/h3-9H,10-11H2,1-2H3,(H,17,21). The van der Waals surface area contributed by atoms with Gasteiger partial charge in [-0.25, -0.2) is 0 Å². The van der Waals surface area contributed by atoms with E-state index in [2.05, 4.69) is 5.32 Å². The van der Waals surface area contributed by atoms with Gasteiger partial charge in [0.05, 0.1) is 30.0 Å². The van der Waals surface area contributed by atoms with E-state index in [1.54, 1.807) is 11.9 Å². The molecule has 0 aliphatic rings. The summed E-state index contributed by atoms with van der Waals surface area (Å²) in [4.78, 5) is 36.8. The summed E-state index contributed by atoms with van der Waals surface area (Å²) >= 11 is 1.53. The number of anilines is 1. The van der Waals surface area contributed by atoms with Gasteiger partial charge in [0.15, 0.2) is 0 Å². The first-order valence-corrected chi connectivity index (χ1v) is 8.59. The number of carbonyl (C=O) groups excluding carboxylic acids is 1. The van der Waals surface area contributed by atoms with E-state index in [4.69, 9.17) is 0 Å². The van der Waals surface area contributed by atoms with Crippen LogP contribution >= 0.6 is 11.8 Å². The lowest BCUT2D eigenvalue weighted by Gasteiger charge is -2.18. The highest BCUT2D eigenvalue weighted by Gasteiger charge is 2.12. The molecular formula is C16H18N4O4S. The molecular weight excluding hydrogens is 344 g/mol. The molecule has 0 saturated carbocycles. The number of likely N-dealkylation sites (N-methyl/N-ethyl adjacent to an activating group) is 1. The maximum atomic E-state index is 12.2. The van der Waals surface area contributed by atoms with E-state index in [0.717, 1.165) is 22.7 Å². The van der Waals surface area contributed by atoms with E-state index in [9.17, 15) is 19.7 Å². The van der Waals surface area contributed by atoms with Gasteiger partial charge in [-0.15, -0.1) is 11.8 Å². The third kappa shape index (κ3) is 5.16. The van der Waals surface area contributed by atoms with Crippen LogP contribution in [0.5, 0.6) is 0 Å². The molecule has 0 bridgehead atoms. The number of nitro groups is 1. The third-order valence-corrected chi connectivity index (χ3v) is 4.16. The number of pyridine rings is 1. The molecule has 0 saturated heterocycles. The Morgan fingerprint density at radius 1 is 1.32 bits per heavy atom. The lowest BCUT2D eigenvalue weighted by molar-refractivity contribution is -0.385. The van der Waals surface area contributed by atoms with Crippen molar-refractivity contribution >= 4 is 29.0 Å². The second-order valence-corrected chi connectivity index (χ2v) is 6.20. The number of nitrogens with one attached hydrogen (secondary N) is 1. The number of hydrogen-bond acceptors (Lipinski definition) is 6. The van der Waals surface area contributed by atoms with Gasteiger partial charge < -0.3 is 5.32 Å². The van der Waals surface area contributed by atoms with Crippen LogP contribution in [-0.4, -0.2) is 40.1 Å². The van der Waals surface area contributed by atoms with Crippen molar-refractivity contribution in [1.82, 2.24) is 9.47 Å². The molecule has 132 valence electrons. The summed E-state index contributed by atoms with van der Waals surface area (Å²) in [6.07, 6.45) is 3.09. The average molecular weight is 362 g/mol. The number of aromatic nitrogens is 1. The number of para-hydroxylation sites is 1. The van der Waals surface area contributed by atoms with E-state index in [-0.39, 0.29) is 30.4 Å². The molecule has 2 aromatic rings. The Kier molecular flexibility index (Phi) is 6.31. The van der Waals surface area contributed by atoms with Crippen molar-refractivity contribution in [2.24, 2.45) is 0 Å². The van der Waals surface area contributed by atoms with E-state index in [1.807, 2.05) is 30.5 Å². The van der Waals surface area contributed by atoms with E-state index in [1.165, 1.54) is 22.5 Å². The number of benzene rings is 1. The first-order chi connectivity index (χ1) is 11.9. The highest BCUT2D eigenvalue weighted by atomic mass is 32.2. The normalized spacial score (nSPS) is 10.7. The van der Waals surface area contributed by atoms with Crippen molar-refractivity contribution < 1.29 is 9.72 Å². The predicted molar refractivity (Wildman–Crippen MR) is 96.8 cm³/mol. The molecule has 1 aromatic heterocycles. The molecule has 9 heteroatoms. The van der Waals surface area contributed by atoms with Crippen LogP contribution in [-0.2, 0) is 11.5 Å². The fourth-order valence-electron chi connectivity index (χ4n) is 2.23. The van der Waals surface area contributed by atoms with Gasteiger partial charge in [0.2, 0.25) is 5.91 Å². The summed E-state index contributed by atoms with van der Waals surface area (Å²) in [6.45, 7) is 0.107. The fraction of sp³-hybridized carbons (Fsp3) is 0.250. The van der Waals surface area contributed by atoms with Crippen molar-refractivity contribution in [3.05, 3.63) is 63.1 Å². The quantitative estimate of drug-likeness (QED) is 0.460. The van der Waals surface area contributed by atoms with Crippen LogP contribution in [0.4, 0.5) is 11.4 Å². The largest absolute Gasteiger partial charge is 0.324 e. The van der Waals surface area contributed by atoms with Crippen LogP contribution in [0.2, 0.25) is 0 Å². The van der Waals surface area contributed by atoms with Gasteiger partial charge in [-0.3, -0.25) is 29.2 Å². The second kappa shape index (κ2) is 8.45. The predicted octanol–water partition coefficient (Wildman–Crippen LogP) is 2.01. The number of carbonyl (C=O) groups is 1. The van der Waals surface area contributed by atoms with Crippen molar-refractivity contribution in [3.63, 3.8) is 0 Å². The monoisotopic (exact) mass is 362 g/mol. The summed E-state index contributed by atoms with van der Waals surface area (Å²) in [7, 11) is 1.66. The summed E-state index contributed by atoms with van der Waals surface area (Å²) in [5.41, 5.74) is 0.179. The minimum Gasteiger partial charge on any atom is -0.324 e. The molecule has 8 nitrogen and oxygen atoms in total. The zero-order valence-electron chi connectivity index (χ0n) is 13.8. The highest BCUT2D eigenvalue weighted by Crippen LogP contribution is 2.24. The summed E-state index contributed by atoms with van der Waals surface area (Å²) in [5.74, 6) is -0.234. The minimum atomic E-state index is -0.567. The second-order valence-electron chi connectivity index (χ2n) is 5.36. The SMILES string of the molecule is CSc1ccccc1NC(=O)CN(C)Cn1cc([N+](=O)[O-])ccc1=O. The number of hydrogen-bond donors (Lipinski definition) is 1. The molecule has 0 radical (unpaired) electrons. The van der Waals surface area contributed by atoms with Gasteiger partial charge in [0.25, 0.3) is 11.2 Å². The summed E-state index contributed by atoms with van der Waals surface area (Å²) in [6, 6.07) is 9.75. The Balaban J connectivity index is 2.01. The molecule has 1 amide bonds. The van der Waals surface area contributed by atoms with Gasteiger partial charge in [-0.05, 0) is 25.4 Å². The molecule has 0 unspecified atom stereocenters. The Morgan fingerprint density at radius 3 is 2.72 bits per heavy atom. The molecule has 0 aliphatic heterocycles. The van der Waals surface area contributed by atoms with Gasteiger partial charge in [-0.2, -0.15) is 0 Å². The van der Waals surface area contributed by atoms with Gasteiger partial charge in [-0.1, -0.05) is 12.1 Å². The lowest BCUT2D eigenvalue weighted by atomic mass is 10.3. The van der Waals surface area contributed by atoms with Crippen molar-refractivity contribution in [2.75, 3.05) is 25.2 Å². The van der Waals surface area contributed by atoms with Gasteiger partial charge in [0, 0.05) is 17.0 Å². The van der Waals surface area contributed by atoms with Crippen LogP contribution in [0.25, 0.3) is 0 Å². The zero-order valence-corrected chi connectivity index (χ0v) is 14.7. The Labute approximate surface area is 148 Å². The molecule has 0 fully saturated rings. The number of thioether (sulfide) groups is 1. The fourth-order valence-corrected chi connectivity index (χ4v) is 2.78. The number of nitrogens with zero attached hydrogens (tertiary/aromatic N) is 3. The molecule has 0 atom stereocenters. The molecule has 0 aliphatic carbocycles. The summed E-state index contributed by atoms with van der Waals surface area (Å²) in [5, 5.41) is 13.6. The van der Waals surface area contributed by atoms with Crippen LogP contribution in [0.3, 0.4) is 0 Å². The smallest absolute Gasteiger partial charge is 0.285 e. The summed E-state index contributed by atoms with van der Waals surface area (Å²) < 4.78 is 1.20. The Bertz CT molecular complexity index is 837. The molecule has 0 spiro atoms. The first kappa shape index (κ1) is 18.7. The zero-order chi connectivity index (χ0) is 18.4. The Morgan fingerprint density at radius 2 is 2.04 bits per heavy atom. The van der Waals surface area contributed by atoms with Crippen LogP contribution in [0.1, 0.15) is 0 Å². The average Bonchev–Trinajstić information content (AvgIpc) is 2.56. The number of rotatable bonds is 7. The van der Waals surface area contributed by atoms with Crippen LogP contribution < -0.4 is 10.9 Å². The number of amides is 1. The van der Waals surface area contributed by atoms with Gasteiger partial charge in [0.1, 0.15) is 0 Å². The van der Waals surface area contributed by atoms with E-state index in [0.29, 0.717) is 0 Å². The van der Waals surface area contributed by atoms with Crippen molar-refractivity contribution in [1.29, 1.82) is 0 Å². The highest BCUT2D eigenvalue weighted by molar-refractivity contribution is 7.98. The molecule has 1 N–H and O–H groups in total. The van der Waals surface area contributed by atoms with E-state index < -0.39 is 4.92 Å². The topological polar surface area (TPSA) is 97.5 Å².